The molecule has 0 saturated heterocycles. The zero-order valence-corrected chi connectivity index (χ0v) is 13.8. The van der Waals surface area contributed by atoms with Gasteiger partial charge >= 0.3 is 5.97 Å². The Bertz CT molecular complexity index is 748. The third-order valence-electron chi connectivity index (χ3n) is 2.96. The maximum atomic E-state index is 12.1. The van der Waals surface area contributed by atoms with Gasteiger partial charge in [-0.25, -0.2) is 9.78 Å². The topological polar surface area (TPSA) is 96.4 Å². The molecule has 0 spiro atoms. The number of nitrogens with zero attached hydrogens (tertiary/aromatic N) is 1. The van der Waals surface area contributed by atoms with Crippen LogP contribution in [0.5, 0.6) is 0 Å². The maximum absolute atomic E-state index is 12.1. The van der Waals surface area contributed by atoms with Crippen LogP contribution in [0, 0.1) is 6.92 Å². The van der Waals surface area contributed by atoms with E-state index in [4.69, 9.17) is 5.11 Å². The normalized spacial score (nSPS) is 12.0. The smallest absolute Gasteiger partial charge is 0.347 e. The van der Waals surface area contributed by atoms with E-state index in [-0.39, 0.29) is 16.6 Å². The third-order valence-corrected chi connectivity index (χ3v) is 5.21. The number of hydrogen-bond acceptors (Lipinski definition) is 6. The van der Waals surface area contributed by atoms with Gasteiger partial charge in [0.15, 0.2) is 5.78 Å². The van der Waals surface area contributed by atoms with E-state index in [1.807, 2.05) is 0 Å². The summed E-state index contributed by atoms with van der Waals surface area (Å²) in [5, 5.41) is 14.0. The fourth-order valence-corrected chi connectivity index (χ4v) is 3.53. The van der Waals surface area contributed by atoms with Gasteiger partial charge in [0.1, 0.15) is 9.88 Å². The monoisotopic (exact) mass is 338 g/mol. The highest BCUT2D eigenvalue weighted by molar-refractivity contribution is 7.14. The number of nitrogens with one attached hydrogen (secondary N) is 1. The lowest BCUT2D eigenvalue weighted by Gasteiger charge is -2.09. The van der Waals surface area contributed by atoms with Gasteiger partial charge < -0.3 is 10.4 Å². The first-order valence-corrected chi connectivity index (χ1v) is 8.10. The highest BCUT2D eigenvalue weighted by atomic mass is 32.1. The molecule has 0 saturated carbocycles. The summed E-state index contributed by atoms with van der Waals surface area (Å²) in [7, 11) is 0. The summed E-state index contributed by atoms with van der Waals surface area (Å²) in [5.74, 6) is -1.43. The van der Waals surface area contributed by atoms with Crippen LogP contribution in [0.25, 0.3) is 0 Å². The zero-order chi connectivity index (χ0) is 16.4. The van der Waals surface area contributed by atoms with E-state index in [2.05, 4.69) is 10.3 Å². The van der Waals surface area contributed by atoms with Gasteiger partial charge in [-0.15, -0.1) is 22.7 Å². The Hall–Kier alpha value is -2.06. The number of rotatable bonds is 5. The molecule has 2 N–H and O–H groups in total. The van der Waals surface area contributed by atoms with Gasteiger partial charge in [-0.1, -0.05) is 0 Å². The van der Waals surface area contributed by atoms with Gasteiger partial charge in [0.05, 0.1) is 16.6 Å². The Morgan fingerprint density at radius 3 is 2.55 bits per heavy atom. The second-order valence-electron chi connectivity index (χ2n) is 4.72. The molecule has 0 aliphatic heterocycles. The molecule has 1 unspecified atom stereocenters. The van der Waals surface area contributed by atoms with Crippen molar-refractivity contribution < 1.29 is 19.5 Å². The fraction of sp³-hybridized carbons (Fsp3) is 0.286. The van der Waals surface area contributed by atoms with E-state index in [0.717, 1.165) is 11.3 Å². The van der Waals surface area contributed by atoms with Crippen molar-refractivity contribution in [2.24, 2.45) is 0 Å². The molecule has 2 heterocycles. The number of ketones is 1. The summed E-state index contributed by atoms with van der Waals surface area (Å²) < 4.78 is 0. The first kappa shape index (κ1) is 16.3. The largest absolute Gasteiger partial charge is 0.477 e. The van der Waals surface area contributed by atoms with E-state index in [0.29, 0.717) is 21.1 Å². The molecule has 1 amide bonds. The Balaban J connectivity index is 2.12. The Kier molecular flexibility index (Phi) is 4.72. The summed E-state index contributed by atoms with van der Waals surface area (Å²) in [4.78, 5) is 39.2. The van der Waals surface area contributed by atoms with Crippen LogP contribution in [0.2, 0.25) is 0 Å². The van der Waals surface area contributed by atoms with Crippen molar-refractivity contribution in [1.29, 1.82) is 0 Å². The molecule has 8 heteroatoms. The minimum atomic E-state index is -1.02. The minimum Gasteiger partial charge on any atom is -0.477 e. The Labute approximate surface area is 134 Å². The number of thiazole rings is 1. The average Bonchev–Trinajstić information content (AvgIpc) is 3.04. The van der Waals surface area contributed by atoms with Crippen LogP contribution in [-0.4, -0.2) is 27.8 Å². The molecule has 0 radical (unpaired) electrons. The molecule has 0 aromatic carbocycles. The highest BCUT2D eigenvalue weighted by Crippen LogP contribution is 2.24. The quantitative estimate of drug-likeness (QED) is 0.817. The van der Waals surface area contributed by atoms with Crippen molar-refractivity contribution in [3.05, 3.63) is 37.5 Å². The van der Waals surface area contributed by atoms with Crippen LogP contribution in [0.3, 0.4) is 0 Å². The number of aromatic carboxylic acids is 1. The van der Waals surface area contributed by atoms with Gasteiger partial charge in [0.25, 0.3) is 5.91 Å². The second-order valence-corrected chi connectivity index (χ2v) is 6.66. The first-order valence-electron chi connectivity index (χ1n) is 6.40. The number of Topliss-reactive ketones (excluding diaryl/α,β-unsaturated/α-hetero) is 1. The van der Waals surface area contributed by atoms with Crippen LogP contribution in [0.1, 0.15) is 60.3 Å². The van der Waals surface area contributed by atoms with Crippen molar-refractivity contribution >= 4 is 40.3 Å². The van der Waals surface area contributed by atoms with Crippen molar-refractivity contribution in [3.8, 4) is 0 Å². The van der Waals surface area contributed by atoms with E-state index in [1.165, 1.54) is 18.3 Å². The maximum Gasteiger partial charge on any atom is 0.347 e. The molecule has 2 aromatic rings. The molecule has 116 valence electrons. The molecule has 2 aromatic heterocycles. The lowest BCUT2D eigenvalue weighted by atomic mass is 10.2. The van der Waals surface area contributed by atoms with E-state index in [1.54, 1.807) is 25.3 Å². The van der Waals surface area contributed by atoms with Crippen LogP contribution in [-0.2, 0) is 0 Å². The summed E-state index contributed by atoms with van der Waals surface area (Å²) in [5.41, 5.74) is 0.935. The summed E-state index contributed by atoms with van der Waals surface area (Å²) >= 11 is 2.24. The van der Waals surface area contributed by atoms with Crippen molar-refractivity contribution in [2.75, 3.05) is 0 Å². The summed E-state index contributed by atoms with van der Waals surface area (Å²) in [6, 6.07) is 1.14. The lowest BCUT2D eigenvalue weighted by molar-refractivity contribution is 0.0700. The molecule has 0 aliphatic rings. The standard InChI is InChI=1S/C14H14N2O4S2/c1-6-11(14(19)20)22-13(16-6)7(2)15-12(18)10-4-9(5-21-10)8(3)17/h4-5,7H,1-3H3,(H,15,18)(H,19,20). The SMILES string of the molecule is CC(=O)c1csc(C(=O)NC(C)c2nc(C)c(C(=O)O)s2)c1. The first-order chi connectivity index (χ1) is 10.3. The number of aromatic nitrogens is 1. The molecule has 0 fully saturated rings. The zero-order valence-electron chi connectivity index (χ0n) is 12.2. The molecule has 0 bridgehead atoms. The minimum absolute atomic E-state index is 0.0926. The number of thiophene rings is 1. The lowest BCUT2D eigenvalue weighted by Crippen LogP contribution is -2.25. The molecule has 22 heavy (non-hydrogen) atoms. The molecule has 6 nitrogen and oxygen atoms in total. The Morgan fingerprint density at radius 2 is 2.05 bits per heavy atom. The fourth-order valence-electron chi connectivity index (χ4n) is 1.77. The second kappa shape index (κ2) is 6.37. The number of aryl methyl sites for hydroxylation is 1. The van der Waals surface area contributed by atoms with Crippen molar-refractivity contribution in [2.45, 2.75) is 26.8 Å². The summed E-state index contributed by atoms with van der Waals surface area (Å²) in [6.07, 6.45) is 0. The molecular weight excluding hydrogens is 324 g/mol. The molecular formula is C14H14N2O4S2. The summed E-state index contributed by atoms with van der Waals surface area (Å²) in [6.45, 7) is 4.80. The van der Waals surface area contributed by atoms with E-state index in [9.17, 15) is 14.4 Å². The van der Waals surface area contributed by atoms with Crippen LogP contribution in [0.4, 0.5) is 0 Å². The van der Waals surface area contributed by atoms with E-state index >= 15 is 0 Å². The van der Waals surface area contributed by atoms with Gasteiger partial charge in [0.2, 0.25) is 0 Å². The van der Waals surface area contributed by atoms with Crippen LogP contribution >= 0.6 is 22.7 Å². The number of carbonyl (C=O) groups is 3. The highest BCUT2D eigenvalue weighted by Gasteiger charge is 2.20. The Morgan fingerprint density at radius 1 is 1.36 bits per heavy atom. The van der Waals surface area contributed by atoms with Crippen molar-refractivity contribution in [3.63, 3.8) is 0 Å². The number of hydrogen-bond donors (Lipinski definition) is 2. The van der Waals surface area contributed by atoms with Gasteiger partial charge in [-0.05, 0) is 26.8 Å². The van der Waals surface area contributed by atoms with Crippen molar-refractivity contribution in [1.82, 2.24) is 10.3 Å². The number of carboxylic acid groups (broad SMARTS) is 1. The van der Waals surface area contributed by atoms with Gasteiger partial charge in [-0.2, -0.15) is 0 Å². The number of carboxylic acids is 1. The number of amides is 1. The number of carbonyl (C=O) groups excluding carboxylic acids is 2. The molecule has 0 aliphatic carbocycles. The van der Waals surface area contributed by atoms with Gasteiger partial charge in [0, 0.05) is 10.9 Å². The molecule has 1 atom stereocenters. The van der Waals surface area contributed by atoms with Crippen LogP contribution in [0.15, 0.2) is 11.4 Å². The molecule has 2 rings (SSSR count). The predicted molar refractivity (Wildman–Crippen MR) is 84.0 cm³/mol. The predicted octanol–water partition coefficient (Wildman–Crippen LogP) is 2.90. The average molecular weight is 338 g/mol. The van der Waals surface area contributed by atoms with Crippen LogP contribution < -0.4 is 5.32 Å². The van der Waals surface area contributed by atoms with Gasteiger partial charge in [-0.3, -0.25) is 9.59 Å². The van der Waals surface area contributed by atoms with E-state index < -0.39 is 12.0 Å². The third kappa shape index (κ3) is 3.40.